The van der Waals surface area contributed by atoms with Gasteiger partial charge in [0.05, 0.1) is 11.4 Å². The second-order valence-corrected chi connectivity index (χ2v) is 9.30. The molecule has 0 amide bonds. The van der Waals surface area contributed by atoms with Crippen molar-refractivity contribution < 1.29 is 0 Å². The van der Waals surface area contributed by atoms with Crippen molar-refractivity contribution in [2.75, 3.05) is 36.0 Å². The molecule has 2 heterocycles. The maximum atomic E-state index is 9.34. The van der Waals surface area contributed by atoms with Crippen LogP contribution in [-0.4, -0.2) is 59.7 Å². The van der Waals surface area contributed by atoms with E-state index in [4.69, 9.17) is 10.4 Å². The SMILES string of the molecule is CCC(=N)N=C(N(C(=N)N1CCCCC1)c1ccccc1)N(C(=N)N1CCCCC1)c1ccccc1. The molecule has 8 nitrogen and oxygen atoms in total. The first-order valence-corrected chi connectivity index (χ1v) is 13.1. The van der Waals surface area contributed by atoms with E-state index in [2.05, 4.69) is 9.80 Å². The highest BCUT2D eigenvalue weighted by Gasteiger charge is 2.33. The Hall–Kier alpha value is -3.68. The van der Waals surface area contributed by atoms with E-state index in [9.17, 15) is 10.8 Å². The third-order valence-electron chi connectivity index (χ3n) is 6.73. The zero-order chi connectivity index (χ0) is 25.3. The van der Waals surface area contributed by atoms with Crippen LogP contribution in [-0.2, 0) is 0 Å². The molecule has 0 bridgehead atoms. The first kappa shape index (κ1) is 25.4. The average molecular weight is 487 g/mol. The van der Waals surface area contributed by atoms with Crippen LogP contribution < -0.4 is 9.80 Å². The molecule has 2 aromatic rings. The van der Waals surface area contributed by atoms with Crippen LogP contribution in [0, 0.1) is 16.2 Å². The Balaban J connectivity index is 1.87. The Kier molecular flexibility index (Phi) is 8.71. The first-order valence-electron chi connectivity index (χ1n) is 13.1. The minimum Gasteiger partial charge on any atom is -0.342 e. The zero-order valence-corrected chi connectivity index (χ0v) is 21.3. The van der Waals surface area contributed by atoms with Gasteiger partial charge in [-0.1, -0.05) is 43.3 Å². The number of aliphatic imine (C=N–C) groups is 1. The summed E-state index contributed by atoms with van der Waals surface area (Å²) in [7, 11) is 0. The van der Waals surface area contributed by atoms with Gasteiger partial charge in [0.1, 0.15) is 5.84 Å². The summed E-state index contributed by atoms with van der Waals surface area (Å²) in [6.45, 7) is 5.17. The lowest BCUT2D eigenvalue weighted by Crippen LogP contribution is -2.58. The van der Waals surface area contributed by atoms with Gasteiger partial charge in [-0.15, -0.1) is 0 Å². The van der Waals surface area contributed by atoms with Gasteiger partial charge in [-0.3, -0.25) is 16.2 Å². The molecule has 4 rings (SSSR count). The van der Waals surface area contributed by atoms with Crippen molar-refractivity contribution in [3.8, 4) is 0 Å². The summed E-state index contributed by atoms with van der Waals surface area (Å²) in [5, 5.41) is 27.2. The second kappa shape index (κ2) is 12.3. The Morgan fingerprint density at radius 1 is 0.667 bits per heavy atom. The molecule has 0 radical (unpaired) electrons. The third kappa shape index (κ3) is 5.93. The molecule has 0 aromatic heterocycles. The first-order chi connectivity index (χ1) is 17.6. The summed E-state index contributed by atoms with van der Waals surface area (Å²) < 4.78 is 0. The number of guanidine groups is 3. The highest BCUT2D eigenvalue weighted by atomic mass is 15.5. The van der Waals surface area contributed by atoms with E-state index in [0.29, 0.717) is 24.3 Å². The van der Waals surface area contributed by atoms with Crippen molar-refractivity contribution in [3.63, 3.8) is 0 Å². The third-order valence-corrected chi connectivity index (χ3v) is 6.73. The summed E-state index contributed by atoms with van der Waals surface area (Å²) in [5.41, 5.74) is 1.59. The van der Waals surface area contributed by atoms with Crippen LogP contribution in [0.3, 0.4) is 0 Å². The fourth-order valence-electron chi connectivity index (χ4n) is 4.71. The van der Waals surface area contributed by atoms with Crippen molar-refractivity contribution >= 4 is 35.1 Å². The highest BCUT2D eigenvalue weighted by Crippen LogP contribution is 2.25. The van der Waals surface area contributed by atoms with E-state index in [1.807, 2.05) is 77.4 Å². The molecule has 2 aliphatic heterocycles. The largest absolute Gasteiger partial charge is 0.342 e. The topological polar surface area (TPSA) is 96.9 Å². The number of amidine groups is 1. The van der Waals surface area contributed by atoms with Crippen LogP contribution >= 0.6 is 0 Å². The molecule has 0 unspecified atom stereocenters. The molecular formula is C28H38N8. The van der Waals surface area contributed by atoms with Gasteiger partial charge in [0.25, 0.3) is 0 Å². The van der Waals surface area contributed by atoms with Crippen LogP contribution in [0.2, 0.25) is 0 Å². The zero-order valence-electron chi connectivity index (χ0n) is 21.3. The summed E-state index contributed by atoms with van der Waals surface area (Å²) in [6.07, 6.45) is 7.01. The lowest BCUT2D eigenvalue weighted by atomic mass is 10.1. The monoisotopic (exact) mass is 486 g/mol. The average Bonchev–Trinajstić information content (AvgIpc) is 2.95. The van der Waals surface area contributed by atoms with E-state index in [1.165, 1.54) is 12.8 Å². The quantitative estimate of drug-likeness (QED) is 0.389. The Bertz CT molecular complexity index is 978. The molecule has 3 N–H and O–H groups in total. The molecular weight excluding hydrogens is 448 g/mol. The Labute approximate surface area is 214 Å². The molecule has 0 spiro atoms. The molecule has 8 heteroatoms. The minimum atomic E-state index is 0.213. The molecule has 2 saturated heterocycles. The van der Waals surface area contributed by atoms with Gasteiger partial charge in [0.2, 0.25) is 17.9 Å². The van der Waals surface area contributed by atoms with Gasteiger partial charge in [0.15, 0.2) is 0 Å². The summed E-state index contributed by atoms with van der Waals surface area (Å²) in [5.74, 6) is 1.27. The van der Waals surface area contributed by atoms with Crippen molar-refractivity contribution in [1.29, 1.82) is 16.2 Å². The molecule has 2 fully saturated rings. The van der Waals surface area contributed by atoms with Gasteiger partial charge in [-0.05, 0) is 62.8 Å². The molecule has 190 valence electrons. The number of nitrogens with one attached hydrogen (secondary N) is 3. The van der Waals surface area contributed by atoms with Crippen LogP contribution in [0.15, 0.2) is 65.7 Å². The number of piperidine rings is 2. The van der Waals surface area contributed by atoms with Crippen LogP contribution in [0.1, 0.15) is 51.9 Å². The second-order valence-electron chi connectivity index (χ2n) is 9.30. The number of hydrogen-bond donors (Lipinski definition) is 3. The molecule has 0 aliphatic carbocycles. The van der Waals surface area contributed by atoms with Crippen LogP contribution in [0.5, 0.6) is 0 Å². The minimum absolute atomic E-state index is 0.213. The molecule has 36 heavy (non-hydrogen) atoms. The summed E-state index contributed by atoms with van der Waals surface area (Å²) in [4.78, 5) is 12.6. The molecule has 2 aliphatic rings. The van der Waals surface area contributed by atoms with E-state index in [1.54, 1.807) is 0 Å². The number of hydrogen-bond acceptors (Lipinski definition) is 3. The van der Waals surface area contributed by atoms with Gasteiger partial charge in [-0.25, -0.2) is 9.80 Å². The number of anilines is 2. The Morgan fingerprint density at radius 3 is 1.42 bits per heavy atom. The van der Waals surface area contributed by atoms with Crippen molar-refractivity contribution in [3.05, 3.63) is 60.7 Å². The predicted octanol–water partition coefficient (Wildman–Crippen LogP) is 5.58. The number of rotatable bonds is 3. The van der Waals surface area contributed by atoms with Gasteiger partial charge < -0.3 is 9.80 Å². The molecule has 0 saturated carbocycles. The van der Waals surface area contributed by atoms with Crippen molar-refractivity contribution in [1.82, 2.24) is 9.80 Å². The normalized spacial score (nSPS) is 15.7. The molecule has 2 aromatic carbocycles. The number of para-hydroxylation sites is 2. The number of benzene rings is 2. The lowest BCUT2D eigenvalue weighted by Gasteiger charge is -2.41. The van der Waals surface area contributed by atoms with Crippen LogP contribution in [0.4, 0.5) is 11.4 Å². The fraction of sp³-hybridized carbons (Fsp3) is 0.429. The van der Waals surface area contributed by atoms with Crippen molar-refractivity contribution in [2.45, 2.75) is 51.9 Å². The van der Waals surface area contributed by atoms with Gasteiger partial charge >= 0.3 is 0 Å². The van der Waals surface area contributed by atoms with E-state index in [0.717, 1.165) is 63.2 Å². The van der Waals surface area contributed by atoms with Crippen LogP contribution in [0.25, 0.3) is 0 Å². The standard InChI is InChI=1S/C28H38N8/c1-2-25(29)32-28(35(23-15-7-3-8-16-23)26(30)33-19-11-5-12-20-33)36(24-17-9-4-10-18-24)27(31)34-21-13-6-14-22-34/h3-4,7-10,15-18,29-31H,2,5-6,11-14,19-22H2,1H3. The fourth-order valence-corrected chi connectivity index (χ4v) is 4.71. The maximum Gasteiger partial charge on any atom is 0.226 e. The van der Waals surface area contributed by atoms with E-state index < -0.39 is 0 Å². The number of likely N-dealkylation sites (tertiary alicyclic amines) is 2. The van der Waals surface area contributed by atoms with Gasteiger partial charge in [0, 0.05) is 32.6 Å². The lowest BCUT2D eigenvalue weighted by molar-refractivity contribution is 0.335. The van der Waals surface area contributed by atoms with Gasteiger partial charge in [-0.2, -0.15) is 4.99 Å². The summed E-state index contributed by atoms with van der Waals surface area (Å²) in [6, 6.07) is 19.6. The van der Waals surface area contributed by atoms with E-state index in [-0.39, 0.29) is 5.84 Å². The number of nitrogens with zero attached hydrogens (tertiary/aromatic N) is 5. The molecule has 0 atom stereocenters. The van der Waals surface area contributed by atoms with Crippen molar-refractivity contribution in [2.24, 2.45) is 4.99 Å². The van der Waals surface area contributed by atoms with E-state index >= 15 is 0 Å². The highest BCUT2D eigenvalue weighted by molar-refractivity contribution is 6.30. The smallest absolute Gasteiger partial charge is 0.226 e. The predicted molar refractivity (Wildman–Crippen MR) is 150 cm³/mol. The summed E-state index contributed by atoms with van der Waals surface area (Å²) >= 11 is 0. The maximum absolute atomic E-state index is 9.34. The Morgan fingerprint density at radius 2 is 1.06 bits per heavy atom.